The molecular formula is C24H30ClN3O3S. The molecule has 1 fully saturated rings. The maximum Gasteiger partial charge on any atom is 0.243 e. The number of amides is 1. The molecule has 2 heterocycles. The summed E-state index contributed by atoms with van der Waals surface area (Å²) in [5.41, 5.74) is 2.68. The van der Waals surface area contributed by atoms with Crippen molar-refractivity contribution in [2.24, 2.45) is 5.92 Å². The van der Waals surface area contributed by atoms with E-state index in [4.69, 9.17) is 11.6 Å². The molecule has 8 heteroatoms. The van der Waals surface area contributed by atoms with E-state index in [1.54, 1.807) is 12.1 Å². The molecule has 2 atom stereocenters. The van der Waals surface area contributed by atoms with Gasteiger partial charge in [0.25, 0.3) is 0 Å². The predicted molar refractivity (Wildman–Crippen MR) is 128 cm³/mol. The van der Waals surface area contributed by atoms with Crippen LogP contribution in [-0.4, -0.2) is 50.9 Å². The van der Waals surface area contributed by atoms with Gasteiger partial charge in [0.15, 0.2) is 0 Å². The lowest BCUT2D eigenvalue weighted by atomic mass is 9.99. The minimum atomic E-state index is -3.63. The van der Waals surface area contributed by atoms with Gasteiger partial charge in [-0.05, 0) is 68.5 Å². The molecule has 0 aromatic heterocycles. The van der Waals surface area contributed by atoms with Crippen molar-refractivity contribution < 1.29 is 13.2 Å². The molecule has 32 heavy (non-hydrogen) atoms. The summed E-state index contributed by atoms with van der Waals surface area (Å²) in [5, 5.41) is 3.52. The monoisotopic (exact) mass is 475 g/mol. The molecule has 4 rings (SSSR count). The summed E-state index contributed by atoms with van der Waals surface area (Å²) in [6, 6.07) is 15.1. The van der Waals surface area contributed by atoms with E-state index >= 15 is 0 Å². The highest BCUT2D eigenvalue weighted by Gasteiger charge is 2.33. The standard InChI is InChI=1S/C24H30ClN3O3S/c1-18-16-19-6-2-3-8-23(19)28(18)15-5-13-26-24(29)20-7-4-14-27(17-20)32(30,31)22-11-9-21(25)10-12-22/h2-3,6,8-12,18,20H,4-5,7,13-17H2,1H3,(H,26,29)/t18-,20+/m0/s1. The number of benzene rings is 2. The summed E-state index contributed by atoms with van der Waals surface area (Å²) < 4.78 is 27.3. The van der Waals surface area contributed by atoms with Crippen molar-refractivity contribution in [3.63, 3.8) is 0 Å². The van der Waals surface area contributed by atoms with Gasteiger partial charge in [-0.25, -0.2) is 8.42 Å². The molecule has 0 bridgehead atoms. The van der Waals surface area contributed by atoms with Crippen LogP contribution in [0.4, 0.5) is 5.69 Å². The fourth-order valence-electron chi connectivity index (χ4n) is 4.71. The Bertz CT molecular complexity index is 1060. The van der Waals surface area contributed by atoms with Gasteiger partial charge < -0.3 is 10.2 Å². The molecule has 0 radical (unpaired) electrons. The van der Waals surface area contributed by atoms with Crippen LogP contribution in [0, 0.1) is 5.92 Å². The van der Waals surface area contributed by atoms with Crippen molar-refractivity contribution in [3.8, 4) is 0 Å². The lowest BCUT2D eigenvalue weighted by Crippen LogP contribution is -2.45. The van der Waals surface area contributed by atoms with Crippen LogP contribution in [0.5, 0.6) is 0 Å². The van der Waals surface area contributed by atoms with E-state index in [0.29, 0.717) is 37.0 Å². The van der Waals surface area contributed by atoms with Crippen LogP contribution in [0.25, 0.3) is 0 Å². The number of fused-ring (bicyclic) bond motifs is 1. The average molecular weight is 476 g/mol. The van der Waals surface area contributed by atoms with Crippen molar-refractivity contribution in [2.45, 2.75) is 43.5 Å². The van der Waals surface area contributed by atoms with Gasteiger partial charge in [-0.15, -0.1) is 0 Å². The minimum Gasteiger partial charge on any atom is -0.368 e. The maximum atomic E-state index is 13.0. The molecule has 1 N–H and O–H groups in total. The lowest BCUT2D eigenvalue weighted by Gasteiger charge is -2.31. The smallest absolute Gasteiger partial charge is 0.243 e. The van der Waals surface area contributed by atoms with Gasteiger partial charge in [-0.1, -0.05) is 29.8 Å². The molecule has 2 aromatic carbocycles. The molecule has 2 aliphatic rings. The molecular weight excluding hydrogens is 446 g/mol. The molecule has 1 amide bonds. The summed E-state index contributed by atoms with van der Waals surface area (Å²) in [6.07, 6.45) is 3.29. The second-order valence-corrected chi connectivity index (χ2v) is 11.1. The van der Waals surface area contributed by atoms with Gasteiger partial charge in [0.05, 0.1) is 10.8 Å². The van der Waals surface area contributed by atoms with E-state index in [2.05, 4.69) is 41.4 Å². The molecule has 172 valence electrons. The zero-order chi connectivity index (χ0) is 22.7. The first-order valence-corrected chi connectivity index (χ1v) is 13.1. The van der Waals surface area contributed by atoms with Gasteiger partial charge in [0.2, 0.25) is 15.9 Å². The van der Waals surface area contributed by atoms with E-state index in [-0.39, 0.29) is 23.3 Å². The summed E-state index contributed by atoms with van der Waals surface area (Å²) in [5.74, 6) is -0.381. The molecule has 1 saturated heterocycles. The normalized spacial score (nSPS) is 21.4. The highest BCUT2D eigenvalue weighted by atomic mass is 35.5. The topological polar surface area (TPSA) is 69.7 Å². The van der Waals surface area contributed by atoms with Crippen LogP contribution >= 0.6 is 11.6 Å². The third-order valence-corrected chi connectivity index (χ3v) is 8.56. The van der Waals surface area contributed by atoms with E-state index < -0.39 is 10.0 Å². The minimum absolute atomic E-state index is 0.0594. The zero-order valence-corrected chi connectivity index (χ0v) is 19.9. The van der Waals surface area contributed by atoms with Crippen LogP contribution in [0.15, 0.2) is 53.4 Å². The SMILES string of the molecule is C[C@H]1Cc2ccccc2N1CCCNC(=O)[C@@H]1CCCN(S(=O)(=O)c2ccc(Cl)cc2)C1. The van der Waals surface area contributed by atoms with Crippen LogP contribution in [0.1, 0.15) is 31.7 Å². The van der Waals surface area contributed by atoms with E-state index in [9.17, 15) is 13.2 Å². The van der Waals surface area contributed by atoms with Crippen LogP contribution in [0.2, 0.25) is 5.02 Å². The Morgan fingerprint density at radius 3 is 2.69 bits per heavy atom. The largest absolute Gasteiger partial charge is 0.368 e. The van der Waals surface area contributed by atoms with Crippen molar-refractivity contribution in [2.75, 3.05) is 31.1 Å². The van der Waals surface area contributed by atoms with Gasteiger partial charge in [0, 0.05) is 42.9 Å². The molecule has 0 saturated carbocycles. The van der Waals surface area contributed by atoms with Crippen molar-refractivity contribution >= 4 is 33.2 Å². The number of rotatable bonds is 7. The van der Waals surface area contributed by atoms with Crippen LogP contribution in [0.3, 0.4) is 0 Å². The van der Waals surface area contributed by atoms with Gasteiger partial charge in [-0.3, -0.25) is 4.79 Å². The molecule has 0 aliphatic carbocycles. The highest BCUT2D eigenvalue weighted by Crippen LogP contribution is 2.31. The number of piperidine rings is 1. The van der Waals surface area contributed by atoms with Gasteiger partial charge >= 0.3 is 0 Å². The Morgan fingerprint density at radius 2 is 1.91 bits per heavy atom. The number of para-hydroxylation sites is 1. The molecule has 0 spiro atoms. The Balaban J connectivity index is 1.28. The van der Waals surface area contributed by atoms with Crippen LogP contribution in [-0.2, 0) is 21.2 Å². The quantitative estimate of drug-likeness (QED) is 0.620. The summed E-state index contributed by atoms with van der Waals surface area (Å²) in [4.78, 5) is 15.4. The number of anilines is 1. The number of halogens is 1. The zero-order valence-electron chi connectivity index (χ0n) is 18.3. The number of hydrogen-bond donors (Lipinski definition) is 1. The highest BCUT2D eigenvalue weighted by molar-refractivity contribution is 7.89. The summed E-state index contributed by atoms with van der Waals surface area (Å²) >= 11 is 5.88. The number of nitrogens with one attached hydrogen (secondary N) is 1. The van der Waals surface area contributed by atoms with E-state index in [1.807, 2.05) is 0 Å². The summed E-state index contributed by atoms with van der Waals surface area (Å²) in [6.45, 7) is 4.36. The maximum absolute atomic E-state index is 13.0. The third kappa shape index (κ3) is 4.95. The van der Waals surface area contributed by atoms with Crippen molar-refractivity contribution in [3.05, 3.63) is 59.1 Å². The average Bonchev–Trinajstić information content (AvgIpc) is 3.12. The second kappa shape index (κ2) is 9.81. The number of carbonyl (C=O) groups is 1. The van der Waals surface area contributed by atoms with Gasteiger partial charge in [0.1, 0.15) is 0 Å². The molecule has 2 aliphatic heterocycles. The van der Waals surface area contributed by atoms with Crippen molar-refractivity contribution in [1.82, 2.24) is 9.62 Å². The summed E-state index contributed by atoms with van der Waals surface area (Å²) in [7, 11) is -3.63. The first-order chi connectivity index (χ1) is 15.4. The molecule has 0 unspecified atom stereocenters. The van der Waals surface area contributed by atoms with E-state index in [0.717, 1.165) is 19.4 Å². The molecule has 6 nitrogen and oxygen atoms in total. The second-order valence-electron chi connectivity index (χ2n) is 8.68. The Hall–Kier alpha value is -2.09. The predicted octanol–water partition coefficient (Wildman–Crippen LogP) is 3.70. The first-order valence-electron chi connectivity index (χ1n) is 11.2. The fraction of sp³-hybridized carbons (Fsp3) is 0.458. The molecule has 2 aromatic rings. The fourth-order valence-corrected chi connectivity index (χ4v) is 6.36. The Morgan fingerprint density at radius 1 is 1.16 bits per heavy atom. The lowest BCUT2D eigenvalue weighted by molar-refractivity contribution is -0.126. The Labute approximate surface area is 195 Å². The Kier molecular flexibility index (Phi) is 7.08. The number of nitrogens with zero attached hydrogens (tertiary/aromatic N) is 2. The van der Waals surface area contributed by atoms with E-state index in [1.165, 1.54) is 27.7 Å². The van der Waals surface area contributed by atoms with Crippen LogP contribution < -0.4 is 10.2 Å². The third-order valence-electron chi connectivity index (χ3n) is 6.43. The number of sulfonamides is 1. The van der Waals surface area contributed by atoms with Gasteiger partial charge in [-0.2, -0.15) is 4.31 Å². The number of hydrogen-bond acceptors (Lipinski definition) is 4. The van der Waals surface area contributed by atoms with Crippen molar-refractivity contribution in [1.29, 1.82) is 0 Å². The first kappa shape index (κ1) is 23.1. The number of carbonyl (C=O) groups excluding carboxylic acids is 1.